The minimum atomic E-state index is -0.185. The van der Waals surface area contributed by atoms with E-state index >= 15 is 0 Å². The highest BCUT2D eigenvalue weighted by Gasteiger charge is 2.06. The van der Waals surface area contributed by atoms with Crippen molar-refractivity contribution in [2.24, 2.45) is 0 Å². The maximum absolute atomic E-state index is 11.9. The molecule has 0 aliphatic rings. The monoisotopic (exact) mass is 226 g/mol. The second-order valence-electron chi connectivity index (χ2n) is 4.05. The molecule has 17 heavy (non-hydrogen) atoms. The molecule has 1 aromatic carbocycles. The summed E-state index contributed by atoms with van der Waals surface area (Å²) in [5.41, 5.74) is 3.48. The number of hydrogen-bond acceptors (Lipinski definition) is 2. The van der Waals surface area contributed by atoms with Crippen LogP contribution in [0.25, 0.3) is 0 Å². The third-order valence-electron chi connectivity index (χ3n) is 2.38. The summed E-state index contributed by atoms with van der Waals surface area (Å²) < 4.78 is 0. The van der Waals surface area contributed by atoms with Gasteiger partial charge in [-0.3, -0.25) is 9.78 Å². The van der Waals surface area contributed by atoms with Gasteiger partial charge in [0.05, 0.1) is 0 Å². The minimum absolute atomic E-state index is 0.185. The fourth-order valence-electron chi connectivity index (χ4n) is 1.74. The van der Waals surface area contributed by atoms with E-state index < -0.39 is 0 Å². The molecular weight excluding hydrogens is 212 g/mol. The maximum Gasteiger partial charge on any atom is 0.274 e. The molecule has 0 atom stereocenters. The first-order chi connectivity index (χ1) is 8.15. The zero-order valence-electron chi connectivity index (χ0n) is 9.90. The van der Waals surface area contributed by atoms with Crippen LogP contribution in [0, 0.1) is 13.8 Å². The third-order valence-corrected chi connectivity index (χ3v) is 2.38. The highest BCUT2D eigenvalue weighted by Crippen LogP contribution is 2.14. The van der Waals surface area contributed by atoms with Gasteiger partial charge in [-0.2, -0.15) is 0 Å². The number of carbonyl (C=O) groups is 1. The summed E-state index contributed by atoms with van der Waals surface area (Å²) in [5, 5.41) is 2.84. The highest BCUT2D eigenvalue weighted by atomic mass is 16.1. The van der Waals surface area contributed by atoms with E-state index in [0.29, 0.717) is 5.69 Å². The molecule has 3 nitrogen and oxygen atoms in total. The normalized spacial score (nSPS) is 10.0. The molecule has 0 aliphatic carbocycles. The molecule has 3 heteroatoms. The van der Waals surface area contributed by atoms with Crippen molar-refractivity contribution in [1.82, 2.24) is 4.98 Å². The highest BCUT2D eigenvalue weighted by molar-refractivity contribution is 6.02. The minimum Gasteiger partial charge on any atom is -0.321 e. The van der Waals surface area contributed by atoms with Gasteiger partial charge in [0.1, 0.15) is 5.69 Å². The number of anilines is 1. The molecule has 0 saturated heterocycles. The molecule has 0 fully saturated rings. The molecule has 1 heterocycles. The third kappa shape index (κ3) is 2.91. The quantitative estimate of drug-likeness (QED) is 0.855. The molecule has 1 aromatic heterocycles. The lowest BCUT2D eigenvalue weighted by molar-refractivity contribution is 0.102. The Bertz CT molecular complexity index is 515. The number of amides is 1. The van der Waals surface area contributed by atoms with E-state index in [4.69, 9.17) is 0 Å². The van der Waals surface area contributed by atoms with Gasteiger partial charge in [0, 0.05) is 11.9 Å². The molecule has 0 bridgehead atoms. The fourth-order valence-corrected chi connectivity index (χ4v) is 1.74. The van der Waals surface area contributed by atoms with Gasteiger partial charge in [-0.15, -0.1) is 0 Å². The number of aryl methyl sites for hydroxylation is 2. The number of benzene rings is 1. The van der Waals surface area contributed by atoms with Crippen molar-refractivity contribution in [3.8, 4) is 0 Å². The Balaban J connectivity index is 2.19. The number of pyridine rings is 1. The predicted octanol–water partition coefficient (Wildman–Crippen LogP) is 2.95. The summed E-state index contributed by atoms with van der Waals surface area (Å²) in [6, 6.07) is 11.2. The van der Waals surface area contributed by atoms with E-state index in [2.05, 4.69) is 16.4 Å². The van der Waals surface area contributed by atoms with Crippen molar-refractivity contribution in [2.45, 2.75) is 13.8 Å². The van der Waals surface area contributed by atoms with Gasteiger partial charge in [-0.05, 0) is 49.2 Å². The Morgan fingerprint density at radius 2 is 1.82 bits per heavy atom. The predicted molar refractivity (Wildman–Crippen MR) is 68.1 cm³/mol. The van der Waals surface area contributed by atoms with Crippen molar-refractivity contribution in [3.05, 3.63) is 59.4 Å². The molecule has 86 valence electrons. The second kappa shape index (κ2) is 4.78. The van der Waals surface area contributed by atoms with Crippen molar-refractivity contribution in [1.29, 1.82) is 0 Å². The van der Waals surface area contributed by atoms with Crippen LogP contribution in [-0.2, 0) is 0 Å². The molecule has 1 N–H and O–H groups in total. The molecule has 0 spiro atoms. The van der Waals surface area contributed by atoms with Gasteiger partial charge in [0.25, 0.3) is 5.91 Å². The lowest BCUT2D eigenvalue weighted by Gasteiger charge is -2.06. The maximum atomic E-state index is 11.9. The Morgan fingerprint density at radius 1 is 1.12 bits per heavy atom. The molecule has 2 rings (SSSR count). The van der Waals surface area contributed by atoms with Gasteiger partial charge in [0.15, 0.2) is 0 Å². The Kier molecular flexibility index (Phi) is 3.19. The van der Waals surface area contributed by atoms with E-state index in [9.17, 15) is 4.79 Å². The number of nitrogens with one attached hydrogen (secondary N) is 1. The van der Waals surface area contributed by atoms with Crippen molar-refractivity contribution >= 4 is 11.6 Å². The average molecular weight is 226 g/mol. The molecule has 0 unspecified atom stereocenters. The summed E-state index contributed by atoms with van der Waals surface area (Å²) >= 11 is 0. The largest absolute Gasteiger partial charge is 0.321 e. The summed E-state index contributed by atoms with van der Waals surface area (Å²) in [5.74, 6) is -0.185. The summed E-state index contributed by atoms with van der Waals surface area (Å²) in [6.07, 6.45) is 1.61. The van der Waals surface area contributed by atoms with Crippen molar-refractivity contribution in [3.63, 3.8) is 0 Å². The van der Waals surface area contributed by atoms with Gasteiger partial charge in [0.2, 0.25) is 0 Å². The molecular formula is C14H14N2O. The first-order valence-electron chi connectivity index (χ1n) is 5.46. The first kappa shape index (κ1) is 11.3. The molecule has 0 aliphatic heterocycles. The fraction of sp³-hybridized carbons (Fsp3) is 0.143. The Labute approximate surface area is 101 Å². The topological polar surface area (TPSA) is 42.0 Å². The van der Waals surface area contributed by atoms with Crippen LogP contribution in [0.1, 0.15) is 21.6 Å². The molecule has 2 aromatic rings. The van der Waals surface area contributed by atoms with E-state index in [-0.39, 0.29) is 5.91 Å². The van der Waals surface area contributed by atoms with Gasteiger partial charge < -0.3 is 5.32 Å². The lowest BCUT2D eigenvalue weighted by atomic mass is 10.1. The Morgan fingerprint density at radius 3 is 2.41 bits per heavy atom. The van der Waals surface area contributed by atoms with Gasteiger partial charge in [-0.1, -0.05) is 12.1 Å². The Hall–Kier alpha value is -2.16. The molecule has 1 amide bonds. The molecule has 0 radical (unpaired) electrons. The first-order valence-corrected chi connectivity index (χ1v) is 5.46. The van der Waals surface area contributed by atoms with E-state index in [1.165, 1.54) is 0 Å². The van der Waals surface area contributed by atoms with E-state index in [1.54, 1.807) is 24.4 Å². The van der Waals surface area contributed by atoms with Crippen LogP contribution in [0.5, 0.6) is 0 Å². The van der Waals surface area contributed by atoms with Gasteiger partial charge >= 0.3 is 0 Å². The van der Waals surface area contributed by atoms with E-state index in [0.717, 1.165) is 16.8 Å². The van der Waals surface area contributed by atoms with Crippen LogP contribution in [0.3, 0.4) is 0 Å². The average Bonchev–Trinajstić information content (AvgIpc) is 2.28. The number of hydrogen-bond donors (Lipinski definition) is 1. The number of nitrogens with zero attached hydrogens (tertiary/aromatic N) is 1. The second-order valence-corrected chi connectivity index (χ2v) is 4.05. The van der Waals surface area contributed by atoms with Crippen LogP contribution >= 0.6 is 0 Å². The van der Waals surface area contributed by atoms with Crippen LogP contribution < -0.4 is 5.32 Å². The SMILES string of the molecule is Cc1cc(C)cc(NC(=O)c2ccccn2)c1. The summed E-state index contributed by atoms with van der Waals surface area (Å²) in [7, 11) is 0. The van der Waals surface area contributed by atoms with Crippen LogP contribution in [0.15, 0.2) is 42.6 Å². The summed E-state index contributed by atoms with van der Waals surface area (Å²) in [4.78, 5) is 15.9. The standard InChI is InChI=1S/C14H14N2O/c1-10-7-11(2)9-12(8-10)16-14(17)13-5-3-4-6-15-13/h3-9H,1-2H3,(H,16,17). The smallest absolute Gasteiger partial charge is 0.274 e. The zero-order valence-corrected chi connectivity index (χ0v) is 9.90. The zero-order chi connectivity index (χ0) is 12.3. The molecule has 0 saturated carbocycles. The lowest BCUT2D eigenvalue weighted by Crippen LogP contribution is -2.13. The van der Waals surface area contributed by atoms with Crippen molar-refractivity contribution in [2.75, 3.05) is 5.32 Å². The van der Waals surface area contributed by atoms with Gasteiger partial charge in [-0.25, -0.2) is 0 Å². The number of carbonyl (C=O) groups excluding carboxylic acids is 1. The van der Waals surface area contributed by atoms with Crippen LogP contribution in [0.2, 0.25) is 0 Å². The number of rotatable bonds is 2. The van der Waals surface area contributed by atoms with E-state index in [1.807, 2.05) is 26.0 Å². The van der Waals surface area contributed by atoms with Crippen LogP contribution in [0.4, 0.5) is 5.69 Å². The summed E-state index contributed by atoms with van der Waals surface area (Å²) in [6.45, 7) is 4.01. The number of aromatic nitrogens is 1. The van der Waals surface area contributed by atoms with Crippen molar-refractivity contribution < 1.29 is 4.79 Å². The van der Waals surface area contributed by atoms with Crippen LogP contribution in [-0.4, -0.2) is 10.9 Å².